The summed E-state index contributed by atoms with van der Waals surface area (Å²) < 4.78 is 1.83. The number of likely N-dealkylation sites (tertiary alicyclic amines) is 1. The van der Waals surface area contributed by atoms with Gasteiger partial charge in [0.25, 0.3) is 5.56 Å². The zero-order valence-corrected chi connectivity index (χ0v) is 12.3. The molecule has 3 heterocycles. The Bertz CT molecular complexity index is 652. The molecule has 0 spiro atoms. The zero-order chi connectivity index (χ0) is 13.4. The van der Waals surface area contributed by atoms with Gasteiger partial charge in [-0.25, -0.2) is 4.98 Å². The highest BCUT2D eigenvalue weighted by Crippen LogP contribution is 2.20. The highest BCUT2D eigenvalue weighted by molar-refractivity contribution is 7.18. The van der Waals surface area contributed by atoms with Gasteiger partial charge in [-0.15, -0.1) is 11.3 Å². The van der Waals surface area contributed by atoms with Crippen LogP contribution in [0.2, 0.25) is 0 Å². The van der Waals surface area contributed by atoms with Gasteiger partial charge in [0.05, 0.1) is 5.39 Å². The lowest BCUT2D eigenvalue weighted by Gasteiger charge is -2.16. The lowest BCUT2D eigenvalue weighted by atomic mass is 10.3. The average Bonchev–Trinajstić information content (AvgIpc) is 2.98. The van der Waals surface area contributed by atoms with Crippen molar-refractivity contribution in [3.63, 3.8) is 0 Å². The van der Waals surface area contributed by atoms with E-state index in [9.17, 15) is 4.79 Å². The van der Waals surface area contributed by atoms with Gasteiger partial charge >= 0.3 is 0 Å². The molecule has 0 aliphatic carbocycles. The second-order valence-corrected chi connectivity index (χ2v) is 6.48. The maximum Gasteiger partial charge on any atom is 0.262 e. The quantitative estimate of drug-likeness (QED) is 0.863. The Morgan fingerprint density at radius 2 is 2.00 bits per heavy atom. The van der Waals surface area contributed by atoms with E-state index in [0.29, 0.717) is 0 Å². The maximum absolute atomic E-state index is 12.5. The largest absolute Gasteiger partial charge is 0.302 e. The van der Waals surface area contributed by atoms with Crippen molar-refractivity contribution in [2.75, 3.05) is 19.6 Å². The highest BCUT2D eigenvalue weighted by Gasteiger charge is 2.14. The minimum Gasteiger partial charge on any atom is -0.302 e. The minimum atomic E-state index is 0.117. The SMILES string of the molecule is Cc1cc2c(=O)n(CCN3CCCC3)c(C)nc2s1. The third-order valence-corrected chi connectivity index (χ3v) is 4.75. The Balaban J connectivity index is 1.91. The van der Waals surface area contributed by atoms with Crippen molar-refractivity contribution < 1.29 is 0 Å². The number of hydrogen-bond donors (Lipinski definition) is 0. The van der Waals surface area contributed by atoms with E-state index in [2.05, 4.69) is 9.88 Å². The summed E-state index contributed by atoms with van der Waals surface area (Å²) in [6.45, 7) is 8.00. The summed E-state index contributed by atoms with van der Waals surface area (Å²) >= 11 is 1.60. The zero-order valence-electron chi connectivity index (χ0n) is 11.5. The highest BCUT2D eigenvalue weighted by atomic mass is 32.1. The third kappa shape index (κ3) is 2.44. The summed E-state index contributed by atoms with van der Waals surface area (Å²) in [5.74, 6) is 0.832. The van der Waals surface area contributed by atoms with E-state index in [1.165, 1.54) is 25.9 Å². The van der Waals surface area contributed by atoms with Crippen molar-refractivity contribution in [2.24, 2.45) is 0 Å². The van der Waals surface area contributed by atoms with Gasteiger partial charge in [0.15, 0.2) is 0 Å². The fraction of sp³-hybridized carbons (Fsp3) is 0.571. The number of aryl methyl sites for hydroxylation is 2. The van der Waals surface area contributed by atoms with Gasteiger partial charge < -0.3 is 4.90 Å². The number of aromatic nitrogens is 2. The number of nitrogens with zero attached hydrogens (tertiary/aromatic N) is 3. The monoisotopic (exact) mass is 277 g/mol. The van der Waals surface area contributed by atoms with Crippen LogP contribution in [0.25, 0.3) is 10.2 Å². The predicted molar refractivity (Wildman–Crippen MR) is 79.0 cm³/mol. The number of thiophene rings is 1. The molecule has 1 saturated heterocycles. The summed E-state index contributed by atoms with van der Waals surface area (Å²) in [4.78, 5) is 21.5. The van der Waals surface area contributed by atoms with Crippen LogP contribution in [0, 0.1) is 13.8 Å². The van der Waals surface area contributed by atoms with Gasteiger partial charge in [-0.2, -0.15) is 0 Å². The Morgan fingerprint density at radius 1 is 1.26 bits per heavy atom. The molecule has 0 bridgehead atoms. The number of hydrogen-bond acceptors (Lipinski definition) is 4. The van der Waals surface area contributed by atoms with Crippen LogP contribution in [0.15, 0.2) is 10.9 Å². The summed E-state index contributed by atoms with van der Waals surface area (Å²) in [5.41, 5.74) is 0.117. The minimum absolute atomic E-state index is 0.117. The van der Waals surface area contributed by atoms with Crippen LogP contribution in [0.5, 0.6) is 0 Å². The van der Waals surface area contributed by atoms with Gasteiger partial charge in [0.1, 0.15) is 10.7 Å². The van der Waals surface area contributed by atoms with Gasteiger partial charge in [-0.05, 0) is 45.8 Å². The molecule has 0 N–H and O–H groups in total. The molecular formula is C14H19N3OS. The smallest absolute Gasteiger partial charge is 0.262 e. The first-order valence-electron chi connectivity index (χ1n) is 6.85. The van der Waals surface area contributed by atoms with Crippen LogP contribution in [0.1, 0.15) is 23.5 Å². The van der Waals surface area contributed by atoms with E-state index in [-0.39, 0.29) is 5.56 Å². The first-order chi connectivity index (χ1) is 9.15. The van der Waals surface area contributed by atoms with Crippen LogP contribution in [0.4, 0.5) is 0 Å². The molecule has 2 aromatic rings. The Labute approximate surface area is 116 Å². The first kappa shape index (κ1) is 12.8. The van der Waals surface area contributed by atoms with Crippen molar-refractivity contribution in [3.05, 3.63) is 27.1 Å². The number of rotatable bonds is 3. The molecule has 4 nitrogen and oxygen atoms in total. The molecule has 0 atom stereocenters. The average molecular weight is 277 g/mol. The van der Waals surface area contributed by atoms with Crippen molar-refractivity contribution in [2.45, 2.75) is 33.2 Å². The topological polar surface area (TPSA) is 38.1 Å². The Morgan fingerprint density at radius 3 is 2.74 bits per heavy atom. The van der Waals surface area contributed by atoms with E-state index in [0.717, 1.165) is 34.0 Å². The molecule has 1 aliphatic rings. The third-order valence-electron chi connectivity index (χ3n) is 3.80. The van der Waals surface area contributed by atoms with Crippen LogP contribution in [-0.4, -0.2) is 34.1 Å². The molecule has 3 rings (SSSR count). The molecule has 102 valence electrons. The first-order valence-corrected chi connectivity index (χ1v) is 7.67. The maximum atomic E-state index is 12.5. The molecule has 5 heteroatoms. The lowest BCUT2D eigenvalue weighted by molar-refractivity contribution is 0.319. The van der Waals surface area contributed by atoms with Crippen LogP contribution >= 0.6 is 11.3 Å². The fourth-order valence-electron chi connectivity index (χ4n) is 2.75. The van der Waals surface area contributed by atoms with E-state index < -0.39 is 0 Å². The van der Waals surface area contributed by atoms with Crippen LogP contribution in [0.3, 0.4) is 0 Å². The fourth-order valence-corrected chi connectivity index (χ4v) is 3.66. The van der Waals surface area contributed by atoms with Crippen molar-refractivity contribution >= 4 is 21.6 Å². The summed E-state index contributed by atoms with van der Waals surface area (Å²) in [6.07, 6.45) is 2.57. The summed E-state index contributed by atoms with van der Waals surface area (Å²) in [7, 11) is 0. The Hall–Kier alpha value is -1.20. The lowest BCUT2D eigenvalue weighted by Crippen LogP contribution is -2.30. The summed E-state index contributed by atoms with van der Waals surface area (Å²) in [6, 6.07) is 1.96. The predicted octanol–water partition coefficient (Wildman–Crippen LogP) is 2.17. The van der Waals surface area contributed by atoms with Crippen molar-refractivity contribution in [3.8, 4) is 0 Å². The second-order valence-electron chi connectivity index (χ2n) is 5.24. The van der Waals surface area contributed by atoms with E-state index in [1.807, 2.05) is 24.5 Å². The molecule has 0 amide bonds. The Kier molecular flexibility index (Phi) is 3.41. The van der Waals surface area contributed by atoms with Gasteiger partial charge in [0.2, 0.25) is 0 Å². The second kappa shape index (κ2) is 5.06. The van der Waals surface area contributed by atoms with E-state index >= 15 is 0 Å². The molecule has 0 unspecified atom stereocenters. The molecule has 2 aromatic heterocycles. The molecule has 0 saturated carbocycles. The van der Waals surface area contributed by atoms with Crippen LogP contribution in [-0.2, 0) is 6.54 Å². The van der Waals surface area contributed by atoms with Gasteiger partial charge in [-0.1, -0.05) is 0 Å². The van der Waals surface area contributed by atoms with Crippen LogP contribution < -0.4 is 5.56 Å². The van der Waals surface area contributed by atoms with Gasteiger partial charge in [0, 0.05) is 18.0 Å². The molecule has 1 aliphatic heterocycles. The molecular weight excluding hydrogens is 258 g/mol. The van der Waals surface area contributed by atoms with E-state index in [4.69, 9.17) is 0 Å². The summed E-state index contributed by atoms with van der Waals surface area (Å²) in [5, 5.41) is 0.773. The van der Waals surface area contributed by atoms with Crippen molar-refractivity contribution in [1.82, 2.24) is 14.5 Å². The molecule has 0 aromatic carbocycles. The molecule has 1 fully saturated rings. The normalized spacial score (nSPS) is 16.5. The number of fused-ring (bicyclic) bond motifs is 1. The van der Waals surface area contributed by atoms with Gasteiger partial charge in [-0.3, -0.25) is 9.36 Å². The molecule has 0 radical (unpaired) electrons. The van der Waals surface area contributed by atoms with E-state index in [1.54, 1.807) is 11.3 Å². The van der Waals surface area contributed by atoms with Crippen molar-refractivity contribution in [1.29, 1.82) is 0 Å². The standard InChI is InChI=1S/C14H19N3OS/c1-10-9-12-13(19-10)15-11(2)17(14(12)18)8-7-16-5-3-4-6-16/h9H,3-8H2,1-2H3. The molecule has 19 heavy (non-hydrogen) atoms.